The molecule has 0 saturated heterocycles. The highest BCUT2D eigenvalue weighted by Crippen LogP contribution is 2.41. The van der Waals surface area contributed by atoms with Crippen molar-refractivity contribution < 1.29 is 0 Å². The van der Waals surface area contributed by atoms with Crippen molar-refractivity contribution >= 4 is 0 Å². The topological polar surface area (TPSA) is 23.8 Å². The van der Waals surface area contributed by atoms with Gasteiger partial charge < -0.3 is 0 Å². The van der Waals surface area contributed by atoms with Gasteiger partial charge in [0.2, 0.25) is 0 Å². The van der Waals surface area contributed by atoms with E-state index >= 15 is 0 Å². The summed E-state index contributed by atoms with van der Waals surface area (Å²) >= 11 is 0. The first-order valence-electron chi connectivity index (χ1n) is 4.36. The van der Waals surface area contributed by atoms with E-state index in [0.717, 1.165) is 0 Å². The second-order valence-corrected chi connectivity index (χ2v) is 3.35. The van der Waals surface area contributed by atoms with Crippen LogP contribution in [0.1, 0.15) is 24.3 Å². The molecule has 0 aromatic heterocycles. The van der Waals surface area contributed by atoms with E-state index in [4.69, 9.17) is 5.26 Å². The Kier molecular flexibility index (Phi) is 1.83. The van der Waals surface area contributed by atoms with Gasteiger partial charge in [0.1, 0.15) is 0 Å². The van der Waals surface area contributed by atoms with Gasteiger partial charge in [-0.15, -0.1) is 0 Å². The molecule has 12 heavy (non-hydrogen) atoms. The van der Waals surface area contributed by atoms with E-state index in [1.54, 1.807) is 0 Å². The van der Waals surface area contributed by atoms with Crippen LogP contribution in [0, 0.1) is 17.2 Å². The molecule has 0 spiro atoms. The molecule has 0 amide bonds. The van der Waals surface area contributed by atoms with Gasteiger partial charge in [-0.05, 0) is 24.3 Å². The maximum absolute atomic E-state index is 8.94. The fourth-order valence-corrected chi connectivity index (χ4v) is 1.54. The molecule has 1 saturated carbocycles. The Morgan fingerprint density at radius 1 is 1.25 bits per heavy atom. The van der Waals surface area contributed by atoms with Gasteiger partial charge in [0.15, 0.2) is 0 Å². The minimum Gasteiger partial charge on any atom is -0.198 e. The van der Waals surface area contributed by atoms with Gasteiger partial charge >= 0.3 is 0 Å². The Morgan fingerprint density at radius 2 is 1.92 bits per heavy atom. The SMILES string of the molecule is N#CC(c1ccccc1)C1CC1. The van der Waals surface area contributed by atoms with Crippen molar-refractivity contribution in [2.24, 2.45) is 5.92 Å². The number of hydrogen-bond donors (Lipinski definition) is 0. The summed E-state index contributed by atoms with van der Waals surface area (Å²) in [6.07, 6.45) is 2.46. The summed E-state index contributed by atoms with van der Waals surface area (Å²) in [6, 6.07) is 12.5. The predicted octanol–water partition coefficient (Wildman–Crippen LogP) is 2.70. The van der Waals surface area contributed by atoms with Gasteiger partial charge in [-0.25, -0.2) is 0 Å². The van der Waals surface area contributed by atoms with Gasteiger partial charge in [0, 0.05) is 0 Å². The molecule has 2 rings (SSSR count). The summed E-state index contributed by atoms with van der Waals surface area (Å²) < 4.78 is 0. The van der Waals surface area contributed by atoms with Gasteiger partial charge in [-0.3, -0.25) is 0 Å². The molecular weight excluding hydrogens is 146 g/mol. The Hall–Kier alpha value is -1.29. The summed E-state index contributed by atoms with van der Waals surface area (Å²) in [6.45, 7) is 0. The third-order valence-electron chi connectivity index (χ3n) is 2.39. The van der Waals surface area contributed by atoms with Crippen LogP contribution in [0.3, 0.4) is 0 Å². The highest BCUT2D eigenvalue weighted by Gasteiger charge is 2.31. The molecule has 1 aromatic carbocycles. The van der Waals surface area contributed by atoms with Gasteiger partial charge in [-0.2, -0.15) is 5.26 Å². The second kappa shape index (κ2) is 2.98. The van der Waals surface area contributed by atoms with Crippen molar-refractivity contribution in [1.82, 2.24) is 0 Å². The predicted molar refractivity (Wildman–Crippen MR) is 47.5 cm³/mol. The number of nitriles is 1. The lowest BCUT2D eigenvalue weighted by atomic mass is 9.96. The zero-order valence-corrected chi connectivity index (χ0v) is 6.90. The minimum atomic E-state index is 0.145. The molecule has 1 aliphatic carbocycles. The molecule has 0 N–H and O–H groups in total. The lowest BCUT2D eigenvalue weighted by Crippen LogP contribution is -1.96. The van der Waals surface area contributed by atoms with Crippen molar-refractivity contribution in [2.45, 2.75) is 18.8 Å². The number of hydrogen-bond acceptors (Lipinski definition) is 1. The van der Waals surface area contributed by atoms with Crippen LogP contribution in [-0.4, -0.2) is 0 Å². The van der Waals surface area contributed by atoms with Crippen LogP contribution < -0.4 is 0 Å². The van der Waals surface area contributed by atoms with E-state index in [2.05, 4.69) is 6.07 Å². The van der Waals surface area contributed by atoms with Gasteiger partial charge in [0.05, 0.1) is 12.0 Å². The van der Waals surface area contributed by atoms with Crippen LogP contribution >= 0.6 is 0 Å². The molecule has 0 aliphatic heterocycles. The third kappa shape index (κ3) is 1.33. The second-order valence-electron chi connectivity index (χ2n) is 3.35. The Bertz CT molecular complexity index is 293. The molecule has 0 bridgehead atoms. The highest BCUT2D eigenvalue weighted by atomic mass is 14.4. The summed E-state index contributed by atoms with van der Waals surface area (Å²) in [5.74, 6) is 0.781. The first kappa shape index (κ1) is 7.36. The number of rotatable bonds is 2. The standard InChI is InChI=1S/C11H11N/c12-8-11(10-6-7-10)9-4-2-1-3-5-9/h1-5,10-11H,6-7H2. The smallest absolute Gasteiger partial charge is 0.0740 e. The fourth-order valence-electron chi connectivity index (χ4n) is 1.54. The first-order chi connectivity index (χ1) is 5.92. The van der Waals surface area contributed by atoms with Crippen molar-refractivity contribution in [2.75, 3.05) is 0 Å². The Labute approximate surface area is 72.6 Å². The maximum Gasteiger partial charge on any atom is 0.0740 e. The summed E-state index contributed by atoms with van der Waals surface area (Å²) in [4.78, 5) is 0. The van der Waals surface area contributed by atoms with E-state index in [-0.39, 0.29) is 5.92 Å². The highest BCUT2D eigenvalue weighted by molar-refractivity contribution is 5.27. The van der Waals surface area contributed by atoms with Gasteiger partial charge in [-0.1, -0.05) is 30.3 Å². The van der Waals surface area contributed by atoms with Crippen LogP contribution in [0.2, 0.25) is 0 Å². The molecular formula is C11H11N. The number of nitrogens with zero attached hydrogens (tertiary/aromatic N) is 1. The normalized spacial score (nSPS) is 18.2. The number of benzene rings is 1. The third-order valence-corrected chi connectivity index (χ3v) is 2.39. The molecule has 1 fully saturated rings. The van der Waals surface area contributed by atoms with E-state index < -0.39 is 0 Å². The zero-order chi connectivity index (χ0) is 8.39. The quantitative estimate of drug-likeness (QED) is 0.647. The lowest BCUT2D eigenvalue weighted by molar-refractivity contribution is 0.740. The molecule has 1 unspecified atom stereocenters. The zero-order valence-electron chi connectivity index (χ0n) is 6.90. The molecule has 1 atom stereocenters. The van der Waals surface area contributed by atoms with Crippen LogP contribution in [0.15, 0.2) is 30.3 Å². The summed E-state index contributed by atoms with van der Waals surface area (Å²) in [5, 5.41) is 8.94. The average Bonchev–Trinajstić information content (AvgIpc) is 2.92. The maximum atomic E-state index is 8.94. The van der Waals surface area contributed by atoms with Crippen molar-refractivity contribution in [3.8, 4) is 6.07 Å². The van der Waals surface area contributed by atoms with Crippen molar-refractivity contribution in [3.63, 3.8) is 0 Å². The lowest BCUT2D eigenvalue weighted by Gasteiger charge is -2.05. The monoisotopic (exact) mass is 157 g/mol. The average molecular weight is 157 g/mol. The van der Waals surface area contributed by atoms with Crippen LogP contribution in [-0.2, 0) is 0 Å². The Morgan fingerprint density at radius 3 is 2.42 bits per heavy atom. The molecule has 1 aliphatic rings. The van der Waals surface area contributed by atoms with E-state index in [9.17, 15) is 0 Å². The van der Waals surface area contributed by atoms with Crippen LogP contribution in [0.5, 0.6) is 0 Å². The molecule has 0 heterocycles. The molecule has 1 aromatic rings. The van der Waals surface area contributed by atoms with E-state index in [1.165, 1.54) is 18.4 Å². The summed E-state index contributed by atoms with van der Waals surface area (Å²) in [7, 11) is 0. The van der Waals surface area contributed by atoms with E-state index in [0.29, 0.717) is 5.92 Å². The Balaban J connectivity index is 2.23. The van der Waals surface area contributed by atoms with Crippen molar-refractivity contribution in [3.05, 3.63) is 35.9 Å². The summed E-state index contributed by atoms with van der Waals surface area (Å²) in [5.41, 5.74) is 1.18. The first-order valence-corrected chi connectivity index (χ1v) is 4.36. The van der Waals surface area contributed by atoms with E-state index in [1.807, 2.05) is 30.3 Å². The fraction of sp³-hybridized carbons (Fsp3) is 0.364. The largest absolute Gasteiger partial charge is 0.198 e. The molecule has 0 radical (unpaired) electrons. The van der Waals surface area contributed by atoms with Gasteiger partial charge in [0.25, 0.3) is 0 Å². The van der Waals surface area contributed by atoms with Crippen LogP contribution in [0.4, 0.5) is 0 Å². The van der Waals surface area contributed by atoms with Crippen LogP contribution in [0.25, 0.3) is 0 Å². The molecule has 1 nitrogen and oxygen atoms in total. The molecule has 60 valence electrons. The van der Waals surface area contributed by atoms with Crippen molar-refractivity contribution in [1.29, 1.82) is 5.26 Å². The molecule has 1 heteroatoms. The minimum absolute atomic E-state index is 0.145.